The van der Waals surface area contributed by atoms with Gasteiger partial charge in [-0.15, -0.1) is 0 Å². The molecule has 0 aliphatic heterocycles. The second kappa shape index (κ2) is 16.3. The van der Waals surface area contributed by atoms with Crippen molar-refractivity contribution in [3.05, 3.63) is 295 Å². The van der Waals surface area contributed by atoms with Gasteiger partial charge in [0.25, 0.3) is 0 Å². The number of fused-ring (bicyclic) bond motifs is 7. The van der Waals surface area contributed by atoms with Gasteiger partial charge in [0.1, 0.15) is 0 Å². The molecule has 0 bridgehead atoms. The highest BCUT2D eigenvalue weighted by atomic mass is 15.1. The number of hydrogen-bond acceptors (Lipinski definition) is 1. The SMILES string of the molecule is c1ccc(C2(c3ccccc3)c3ccccc3-c3c(N(c4ccc(-c5ccc(-c6ccc7c(ccc8ccccc87)c6)cc5)cc4)c4ccc(-c5cccc6ccccc56)cc4)cccc32)cc1. The highest BCUT2D eigenvalue weighted by Crippen LogP contribution is 2.59. The summed E-state index contributed by atoms with van der Waals surface area (Å²) in [6.45, 7) is 0. The molecule has 12 aromatic rings. The molecule has 0 heterocycles. The van der Waals surface area contributed by atoms with Crippen LogP contribution in [0.5, 0.6) is 0 Å². The molecule has 0 atom stereocenters. The second-order valence-electron chi connectivity index (χ2n) is 18.0. The van der Waals surface area contributed by atoms with E-state index >= 15 is 0 Å². The Morgan fingerprint density at radius 3 is 1.41 bits per heavy atom. The van der Waals surface area contributed by atoms with Crippen LogP contribution >= 0.6 is 0 Å². The van der Waals surface area contributed by atoms with Gasteiger partial charge in [-0.25, -0.2) is 0 Å². The van der Waals surface area contributed by atoms with Crippen molar-refractivity contribution < 1.29 is 0 Å². The minimum atomic E-state index is -0.508. The van der Waals surface area contributed by atoms with Crippen LogP contribution in [0, 0.1) is 0 Å². The molecule has 0 amide bonds. The smallest absolute Gasteiger partial charge is 0.0714 e. The Hall–Kier alpha value is -8.78. The van der Waals surface area contributed by atoms with E-state index in [0.717, 1.165) is 17.1 Å². The second-order valence-corrected chi connectivity index (χ2v) is 18.0. The first-order chi connectivity index (χ1) is 33.7. The molecule has 68 heavy (non-hydrogen) atoms. The van der Waals surface area contributed by atoms with E-state index in [1.165, 1.54) is 99.1 Å². The molecule has 0 radical (unpaired) electrons. The van der Waals surface area contributed by atoms with Crippen molar-refractivity contribution in [2.75, 3.05) is 4.90 Å². The van der Waals surface area contributed by atoms with E-state index in [1.54, 1.807) is 0 Å². The molecule has 1 heteroatoms. The van der Waals surface area contributed by atoms with Gasteiger partial charge in [0.2, 0.25) is 0 Å². The lowest BCUT2D eigenvalue weighted by Gasteiger charge is -2.34. The molecule has 0 spiro atoms. The Balaban J connectivity index is 0.934. The lowest BCUT2D eigenvalue weighted by atomic mass is 9.68. The van der Waals surface area contributed by atoms with Crippen molar-refractivity contribution >= 4 is 49.4 Å². The molecule has 0 unspecified atom stereocenters. The maximum absolute atomic E-state index is 2.46. The van der Waals surface area contributed by atoms with Crippen LogP contribution in [0.15, 0.2) is 273 Å². The molecule has 1 aliphatic carbocycles. The van der Waals surface area contributed by atoms with Gasteiger partial charge >= 0.3 is 0 Å². The first-order valence-corrected chi connectivity index (χ1v) is 23.6. The van der Waals surface area contributed by atoms with Crippen molar-refractivity contribution in [3.63, 3.8) is 0 Å². The van der Waals surface area contributed by atoms with Crippen molar-refractivity contribution in [2.24, 2.45) is 0 Å². The summed E-state index contributed by atoms with van der Waals surface area (Å²) in [5.41, 5.74) is 17.6. The summed E-state index contributed by atoms with van der Waals surface area (Å²) in [6.07, 6.45) is 0. The standard InChI is InChI=1S/C67H45N/c1-3-18-54(19-4-1)67(55-20-5-2-6-21-55)63-26-12-11-24-62(63)66-64(67)27-14-28-65(66)68(57-42-37-51(38-43-57)60-25-13-17-49-15-7-9-22-58(49)60)56-40-35-47(36-41-56)46-29-31-48(32-30-46)52-39-44-61-53(45-52)34-33-50-16-8-10-23-59(50)61/h1-45H. The van der Waals surface area contributed by atoms with Crippen molar-refractivity contribution in [3.8, 4) is 44.5 Å². The molecule has 0 saturated heterocycles. The van der Waals surface area contributed by atoms with Crippen LogP contribution < -0.4 is 4.90 Å². The molecule has 1 aliphatic rings. The Morgan fingerprint density at radius 2 is 0.721 bits per heavy atom. The van der Waals surface area contributed by atoms with Crippen molar-refractivity contribution in [1.82, 2.24) is 0 Å². The first kappa shape index (κ1) is 39.6. The highest BCUT2D eigenvalue weighted by molar-refractivity contribution is 6.08. The lowest BCUT2D eigenvalue weighted by Crippen LogP contribution is -2.28. The molecule has 1 nitrogen and oxygen atoms in total. The van der Waals surface area contributed by atoms with E-state index in [9.17, 15) is 0 Å². The predicted molar refractivity (Wildman–Crippen MR) is 287 cm³/mol. The third-order valence-corrected chi connectivity index (χ3v) is 14.3. The summed E-state index contributed by atoms with van der Waals surface area (Å²) in [7, 11) is 0. The Morgan fingerprint density at radius 1 is 0.265 bits per heavy atom. The van der Waals surface area contributed by atoms with Gasteiger partial charge in [0, 0.05) is 16.9 Å². The molecular formula is C67H45N. The highest BCUT2D eigenvalue weighted by Gasteiger charge is 2.47. The number of anilines is 3. The van der Waals surface area contributed by atoms with Gasteiger partial charge in [0.15, 0.2) is 0 Å². The average molecular weight is 864 g/mol. The van der Waals surface area contributed by atoms with E-state index in [0.29, 0.717) is 0 Å². The topological polar surface area (TPSA) is 3.24 Å². The summed E-state index contributed by atoms with van der Waals surface area (Å²) in [5, 5.41) is 7.60. The van der Waals surface area contributed by atoms with Crippen LogP contribution in [-0.2, 0) is 5.41 Å². The monoisotopic (exact) mass is 863 g/mol. The largest absolute Gasteiger partial charge is 0.310 e. The zero-order valence-electron chi connectivity index (χ0n) is 37.4. The van der Waals surface area contributed by atoms with Gasteiger partial charge < -0.3 is 4.90 Å². The molecule has 0 fully saturated rings. The summed E-state index contributed by atoms with van der Waals surface area (Å²) >= 11 is 0. The summed E-state index contributed by atoms with van der Waals surface area (Å²) < 4.78 is 0. The fourth-order valence-corrected chi connectivity index (χ4v) is 11.2. The molecule has 12 aromatic carbocycles. The lowest BCUT2D eigenvalue weighted by molar-refractivity contribution is 0.768. The van der Waals surface area contributed by atoms with Crippen LogP contribution in [0.4, 0.5) is 17.1 Å². The van der Waals surface area contributed by atoms with Crippen LogP contribution in [0.2, 0.25) is 0 Å². The fraction of sp³-hybridized carbons (Fsp3) is 0.0149. The fourth-order valence-electron chi connectivity index (χ4n) is 11.2. The molecular weight excluding hydrogens is 819 g/mol. The quantitative estimate of drug-likeness (QED) is 0.138. The number of rotatable bonds is 8. The van der Waals surface area contributed by atoms with E-state index in [4.69, 9.17) is 0 Å². The Kier molecular flexibility index (Phi) is 9.47. The maximum Gasteiger partial charge on any atom is 0.0714 e. The summed E-state index contributed by atoms with van der Waals surface area (Å²) in [5.74, 6) is 0. The number of hydrogen-bond donors (Lipinski definition) is 0. The maximum atomic E-state index is 2.46. The summed E-state index contributed by atoms with van der Waals surface area (Å²) in [6, 6.07) is 101. The molecule has 13 rings (SSSR count). The van der Waals surface area contributed by atoms with E-state index < -0.39 is 5.41 Å². The third kappa shape index (κ3) is 6.39. The minimum Gasteiger partial charge on any atom is -0.310 e. The Labute approximate surface area is 397 Å². The van der Waals surface area contributed by atoms with Gasteiger partial charge in [-0.1, -0.05) is 237 Å². The van der Waals surface area contributed by atoms with Gasteiger partial charge in [-0.05, 0) is 130 Å². The van der Waals surface area contributed by atoms with Crippen LogP contribution in [0.3, 0.4) is 0 Å². The predicted octanol–water partition coefficient (Wildman–Crippen LogP) is 18.0. The Bertz CT molecular complexity index is 3770. The molecule has 0 N–H and O–H groups in total. The number of nitrogens with zero attached hydrogens (tertiary/aromatic N) is 1. The summed E-state index contributed by atoms with van der Waals surface area (Å²) in [4.78, 5) is 2.46. The minimum absolute atomic E-state index is 0.508. The van der Waals surface area contributed by atoms with Crippen molar-refractivity contribution in [2.45, 2.75) is 5.41 Å². The van der Waals surface area contributed by atoms with Crippen molar-refractivity contribution in [1.29, 1.82) is 0 Å². The zero-order chi connectivity index (χ0) is 45.0. The zero-order valence-corrected chi connectivity index (χ0v) is 37.4. The van der Waals surface area contributed by atoms with Gasteiger partial charge in [-0.3, -0.25) is 0 Å². The third-order valence-electron chi connectivity index (χ3n) is 14.3. The van der Waals surface area contributed by atoms with Crippen LogP contribution in [-0.4, -0.2) is 0 Å². The molecule has 0 saturated carbocycles. The van der Waals surface area contributed by atoms with Crippen LogP contribution in [0.1, 0.15) is 22.3 Å². The van der Waals surface area contributed by atoms with E-state index in [1.807, 2.05) is 0 Å². The average Bonchev–Trinajstić information content (AvgIpc) is 3.73. The molecule has 318 valence electrons. The van der Waals surface area contributed by atoms with E-state index in [-0.39, 0.29) is 0 Å². The number of benzene rings is 12. The molecule has 0 aromatic heterocycles. The normalized spacial score (nSPS) is 12.5. The van der Waals surface area contributed by atoms with Crippen LogP contribution in [0.25, 0.3) is 76.8 Å². The van der Waals surface area contributed by atoms with Gasteiger partial charge in [-0.2, -0.15) is 0 Å². The van der Waals surface area contributed by atoms with E-state index in [2.05, 4.69) is 278 Å². The van der Waals surface area contributed by atoms with Gasteiger partial charge in [0.05, 0.1) is 11.1 Å². The first-order valence-electron chi connectivity index (χ1n) is 23.6.